The molecule has 1 saturated carbocycles. The molecule has 2 bridgehead atoms. The zero-order chi connectivity index (χ0) is 23.7. The molecule has 0 spiro atoms. The number of anilines is 2. The van der Waals surface area contributed by atoms with Gasteiger partial charge in [-0.15, -0.1) is 0 Å². The van der Waals surface area contributed by atoms with E-state index in [9.17, 15) is 18.1 Å². The lowest BCUT2D eigenvalue weighted by Crippen LogP contribution is -2.49. The van der Waals surface area contributed by atoms with Crippen LogP contribution in [0.25, 0.3) is 0 Å². The van der Waals surface area contributed by atoms with Gasteiger partial charge in [0.25, 0.3) is 0 Å². The Morgan fingerprint density at radius 3 is 2.41 bits per heavy atom. The highest BCUT2D eigenvalue weighted by Crippen LogP contribution is 2.48. The van der Waals surface area contributed by atoms with Crippen LogP contribution in [0, 0.1) is 0 Å². The van der Waals surface area contributed by atoms with Gasteiger partial charge in [-0.1, -0.05) is 23.7 Å². The van der Waals surface area contributed by atoms with Crippen LogP contribution in [0.4, 0.5) is 20.5 Å². The summed E-state index contributed by atoms with van der Waals surface area (Å²) in [6.45, 7) is -0.123. The Labute approximate surface area is 204 Å². The first-order valence-corrected chi connectivity index (χ1v) is 13.6. The maximum atomic E-state index is 14.9. The number of aliphatic hydroxyl groups is 1. The maximum Gasteiger partial charge on any atom is 0.302 e. The van der Waals surface area contributed by atoms with Gasteiger partial charge in [-0.3, -0.25) is 4.21 Å². The molecule has 3 atom stereocenters. The number of benzene rings is 1. The molecule has 2 aromatic rings. The molecule has 2 saturated heterocycles. The number of nitrogens with zero attached hydrogens (tertiary/aromatic N) is 3. The van der Waals surface area contributed by atoms with Gasteiger partial charge >= 0.3 is 5.92 Å². The second-order valence-corrected chi connectivity index (χ2v) is 12.0. The van der Waals surface area contributed by atoms with Gasteiger partial charge in [0.15, 0.2) is 0 Å². The van der Waals surface area contributed by atoms with E-state index in [0.717, 1.165) is 44.9 Å². The number of rotatable bonds is 5. The van der Waals surface area contributed by atoms with Gasteiger partial charge < -0.3 is 15.3 Å². The number of nitrogens with one attached hydrogen (secondary N) is 1. The molecule has 1 aromatic carbocycles. The molecule has 10 heteroatoms. The van der Waals surface area contributed by atoms with Crippen molar-refractivity contribution < 1.29 is 18.1 Å². The molecule has 2 N–H and O–H groups in total. The average molecular weight is 509 g/mol. The van der Waals surface area contributed by atoms with Crippen LogP contribution in [0.3, 0.4) is 0 Å². The summed E-state index contributed by atoms with van der Waals surface area (Å²) in [6.07, 6.45) is 6.09. The third kappa shape index (κ3) is 3.62. The summed E-state index contributed by atoms with van der Waals surface area (Å²) in [5.41, 5.74) is 0.224. The van der Waals surface area contributed by atoms with Gasteiger partial charge in [0.2, 0.25) is 5.95 Å². The molecule has 0 radical (unpaired) electrons. The Balaban J connectivity index is 1.36. The second-order valence-electron chi connectivity index (χ2n) is 10.2. The van der Waals surface area contributed by atoms with E-state index in [1.54, 1.807) is 0 Å². The first-order valence-electron chi connectivity index (χ1n) is 11.9. The topological polar surface area (TPSA) is 78.4 Å². The smallest absolute Gasteiger partial charge is 0.302 e. The van der Waals surface area contributed by atoms with Crippen molar-refractivity contribution in [1.29, 1.82) is 0 Å². The van der Waals surface area contributed by atoms with Crippen molar-refractivity contribution in [3.63, 3.8) is 0 Å². The van der Waals surface area contributed by atoms with E-state index in [2.05, 4.69) is 27.3 Å². The normalized spacial score (nSPS) is 30.6. The minimum Gasteiger partial charge on any atom is -0.394 e. The molecule has 34 heavy (non-hydrogen) atoms. The second kappa shape index (κ2) is 8.10. The van der Waals surface area contributed by atoms with E-state index in [4.69, 9.17) is 16.6 Å². The first-order chi connectivity index (χ1) is 16.3. The van der Waals surface area contributed by atoms with E-state index in [1.807, 2.05) is 12.1 Å². The van der Waals surface area contributed by atoms with Crippen molar-refractivity contribution in [3.05, 3.63) is 40.5 Å². The summed E-state index contributed by atoms with van der Waals surface area (Å²) in [6, 6.07) is 8.26. The van der Waals surface area contributed by atoms with E-state index >= 15 is 0 Å². The van der Waals surface area contributed by atoms with Crippen molar-refractivity contribution in [2.24, 2.45) is 0 Å². The minimum absolute atomic E-state index is 0.00290. The molecule has 3 aliphatic heterocycles. The predicted octanol–water partition coefficient (Wildman–Crippen LogP) is 4.58. The highest BCUT2D eigenvalue weighted by Gasteiger charge is 2.51. The number of alkyl halides is 2. The molecule has 6 nitrogen and oxygen atoms in total. The number of piperidine rings is 1. The molecule has 4 aliphatic rings. The molecule has 1 aliphatic carbocycles. The van der Waals surface area contributed by atoms with Gasteiger partial charge in [0.1, 0.15) is 16.4 Å². The van der Waals surface area contributed by atoms with Gasteiger partial charge in [-0.25, -0.2) is 4.98 Å². The Bertz CT molecular complexity index is 1130. The van der Waals surface area contributed by atoms with Gasteiger partial charge in [0.05, 0.1) is 28.7 Å². The summed E-state index contributed by atoms with van der Waals surface area (Å²) in [5, 5.41) is 13.9. The number of aliphatic hydroxyl groups excluding tert-OH is 1. The number of aromatic nitrogens is 2. The Kier molecular flexibility index (Phi) is 5.39. The maximum absolute atomic E-state index is 14.9. The molecular weight excluding hydrogens is 482 g/mol. The summed E-state index contributed by atoms with van der Waals surface area (Å²) >= 11 is 6.06. The van der Waals surface area contributed by atoms with E-state index in [-0.39, 0.29) is 35.4 Å². The van der Waals surface area contributed by atoms with Gasteiger partial charge in [0, 0.05) is 17.1 Å². The number of hydrogen-bond donors (Lipinski definition) is 2. The van der Waals surface area contributed by atoms with Crippen molar-refractivity contribution in [2.75, 3.05) is 22.6 Å². The number of halogens is 3. The summed E-state index contributed by atoms with van der Waals surface area (Å²) in [4.78, 5) is 11.2. The largest absolute Gasteiger partial charge is 0.394 e. The van der Waals surface area contributed by atoms with Crippen LogP contribution in [-0.4, -0.2) is 49.3 Å². The fraction of sp³-hybridized carbons (Fsp3) is 0.583. The van der Waals surface area contributed by atoms with E-state index < -0.39 is 33.7 Å². The lowest BCUT2D eigenvalue weighted by Gasteiger charge is -2.42. The van der Waals surface area contributed by atoms with Crippen molar-refractivity contribution >= 4 is 34.2 Å². The third-order valence-electron chi connectivity index (χ3n) is 8.04. The van der Waals surface area contributed by atoms with Gasteiger partial charge in [-0.2, -0.15) is 13.8 Å². The number of fused-ring (bicyclic) bond motifs is 3. The molecule has 1 aromatic heterocycles. The van der Waals surface area contributed by atoms with Crippen LogP contribution >= 0.6 is 11.6 Å². The predicted molar refractivity (Wildman–Crippen MR) is 127 cm³/mol. The fourth-order valence-electron chi connectivity index (χ4n) is 6.10. The van der Waals surface area contributed by atoms with Crippen LogP contribution in [0.2, 0.25) is 5.02 Å². The van der Waals surface area contributed by atoms with Crippen LogP contribution in [0.15, 0.2) is 29.2 Å². The van der Waals surface area contributed by atoms with Crippen LogP contribution in [0.1, 0.15) is 62.1 Å². The monoisotopic (exact) mass is 508 g/mol. The zero-order valence-electron chi connectivity index (χ0n) is 18.6. The summed E-state index contributed by atoms with van der Waals surface area (Å²) in [5.74, 6) is -3.18. The van der Waals surface area contributed by atoms with Crippen molar-refractivity contribution in [3.8, 4) is 0 Å². The Morgan fingerprint density at radius 2 is 1.82 bits per heavy atom. The van der Waals surface area contributed by atoms with Crippen LogP contribution < -0.4 is 10.2 Å². The van der Waals surface area contributed by atoms with E-state index in [0.29, 0.717) is 10.9 Å². The highest BCUT2D eigenvalue weighted by atomic mass is 35.5. The highest BCUT2D eigenvalue weighted by molar-refractivity contribution is 7.85. The molecular formula is C24H27ClF2N4O2S. The summed E-state index contributed by atoms with van der Waals surface area (Å²) < 4.78 is 42.4. The number of hydrogen-bond acceptors (Lipinski definition) is 6. The quantitative estimate of drug-likeness (QED) is 0.615. The Hall–Kier alpha value is -1.84. The Morgan fingerprint density at radius 1 is 1.15 bits per heavy atom. The molecule has 3 fully saturated rings. The van der Waals surface area contributed by atoms with Crippen LogP contribution in [-0.2, 0) is 16.7 Å². The molecule has 0 amide bonds. The molecule has 4 heterocycles. The standard InChI is InChI=1S/C24H27ClF2N4O2S/c25-16-4-2-14(3-5-16)15-10-17-6-7-18(11-15)31(17)22-28-20-19(34(33)13-24(20,26)27)21(29-22)30-23(12-32)8-1-9-23/h2-5,15,17-18,32H,1,6-13H2,(H,28,29,30)/t15?,17?,18?,34-/m1/s1. The summed E-state index contributed by atoms with van der Waals surface area (Å²) in [7, 11) is -1.89. The van der Waals surface area contributed by atoms with E-state index in [1.165, 1.54) is 5.56 Å². The minimum atomic E-state index is -3.26. The van der Waals surface area contributed by atoms with Crippen molar-refractivity contribution in [2.45, 2.75) is 79.3 Å². The zero-order valence-corrected chi connectivity index (χ0v) is 20.2. The molecule has 2 unspecified atom stereocenters. The average Bonchev–Trinajstić information content (AvgIpc) is 3.18. The SMILES string of the molecule is O=[S@@]1CC(F)(F)c2nc(N3C4CCC3CC(c3ccc(Cl)cc3)C4)nc(NC3(CO)CCC3)c21. The fourth-order valence-corrected chi connectivity index (χ4v) is 7.55. The first kappa shape index (κ1) is 22.6. The van der Waals surface area contributed by atoms with Gasteiger partial charge in [-0.05, 0) is 68.6 Å². The molecule has 182 valence electrons. The lowest BCUT2D eigenvalue weighted by molar-refractivity contribution is 0.0191. The third-order valence-corrected chi connectivity index (χ3v) is 9.76. The van der Waals surface area contributed by atoms with Crippen LogP contribution in [0.5, 0.6) is 0 Å². The lowest BCUT2D eigenvalue weighted by atomic mass is 9.77. The molecule has 6 rings (SSSR count). The van der Waals surface area contributed by atoms with Crippen molar-refractivity contribution in [1.82, 2.24) is 9.97 Å².